The molecule has 0 saturated carbocycles. The van der Waals surface area contributed by atoms with Gasteiger partial charge < -0.3 is 9.84 Å². The molecule has 208 valence electrons. The Bertz CT molecular complexity index is 1880. The van der Waals surface area contributed by atoms with E-state index in [0.717, 1.165) is 6.07 Å². The summed E-state index contributed by atoms with van der Waals surface area (Å²) >= 11 is 6.27. The predicted octanol–water partition coefficient (Wildman–Crippen LogP) is 7.07. The first-order valence-electron chi connectivity index (χ1n) is 11.8. The van der Waals surface area contributed by atoms with Crippen LogP contribution in [0.5, 0.6) is 11.5 Å². The minimum atomic E-state index is -4.37. The predicted molar refractivity (Wildman–Crippen MR) is 155 cm³/mol. The molecule has 0 fully saturated rings. The number of thiazole rings is 1. The van der Waals surface area contributed by atoms with E-state index in [2.05, 4.69) is 19.7 Å². The first-order valence-corrected chi connectivity index (χ1v) is 14.4. The lowest BCUT2D eigenvalue weighted by atomic mass is 10.1. The number of hydrogen-bond donors (Lipinski definition) is 2. The number of aromatic nitrogens is 2. The third-order valence-electron chi connectivity index (χ3n) is 5.78. The van der Waals surface area contributed by atoms with E-state index >= 15 is 0 Å². The number of methoxy groups -OCH3 is 1. The molecule has 0 aliphatic heterocycles. The number of anilines is 1. The number of aliphatic imine (C=N–C) groups is 1. The summed E-state index contributed by atoms with van der Waals surface area (Å²) < 4.78 is 62.6. The number of benzene rings is 3. The van der Waals surface area contributed by atoms with Gasteiger partial charge in [0.05, 0.1) is 24.0 Å². The lowest BCUT2D eigenvalue weighted by molar-refractivity contribution is 0.373. The highest BCUT2D eigenvalue weighted by Gasteiger charge is 2.25. The highest BCUT2D eigenvalue weighted by Crippen LogP contribution is 2.35. The Labute approximate surface area is 242 Å². The maximum absolute atomic E-state index is 14.7. The van der Waals surface area contributed by atoms with Gasteiger partial charge in [-0.25, -0.2) is 14.4 Å². The molecule has 2 N–H and O–H groups in total. The van der Waals surface area contributed by atoms with E-state index in [1.165, 1.54) is 37.7 Å². The number of aromatic hydroxyl groups is 1. The van der Waals surface area contributed by atoms with Crippen molar-refractivity contribution in [1.29, 1.82) is 0 Å². The second-order valence-corrected chi connectivity index (χ2v) is 11.4. The number of nitrogens with one attached hydrogen (secondary N) is 1. The summed E-state index contributed by atoms with van der Waals surface area (Å²) in [6.45, 7) is 0. The molecule has 0 saturated heterocycles. The first kappa shape index (κ1) is 28.1. The van der Waals surface area contributed by atoms with Gasteiger partial charge in [-0.1, -0.05) is 59.3 Å². The molecular weight excluding hydrogens is 594 g/mol. The molecular formula is C28H19ClF2N4O4S2. The van der Waals surface area contributed by atoms with E-state index in [4.69, 9.17) is 16.3 Å². The van der Waals surface area contributed by atoms with Crippen LogP contribution in [0.1, 0.15) is 5.56 Å². The molecule has 0 radical (unpaired) electrons. The van der Waals surface area contributed by atoms with Crippen molar-refractivity contribution in [3.05, 3.63) is 101 Å². The average Bonchev–Trinajstić information content (AvgIpc) is 3.33. The van der Waals surface area contributed by atoms with E-state index in [-0.39, 0.29) is 43.5 Å². The summed E-state index contributed by atoms with van der Waals surface area (Å²) in [6, 6.07) is 18.7. The van der Waals surface area contributed by atoms with Gasteiger partial charge in [0.1, 0.15) is 11.5 Å². The van der Waals surface area contributed by atoms with Gasteiger partial charge in [-0.3, -0.25) is 9.71 Å². The summed E-state index contributed by atoms with van der Waals surface area (Å²) in [5, 5.41) is 8.73. The third kappa shape index (κ3) is 6.04. The molecule has 0 atom stereocenters. The molecule has 0 amide bonds. The molecule has 0 bridgehead atoms. The minimum Gasteiger partial charge on any atom is -0.504 e. The zero-order valence-electron chi connectivity index (χ0n) is 21.0. The molecule has 5 aromatic rings. The van der Waals surface area contributed by atoms with E-state index in [1.54, 1.807) is 48.5 Å². The Hall–Kier alpha value is -4.39. The third-order valence-corrected chi connectivity index (χ3v) is 8.25. The highest BCUT2D eigenvalue weighted by atomic mass is 35.5. The Morgan fingerprint density at radius 1 is 1.05 bits per heavy atom. The van der Waals surface area contributed by atoms with Crippen molar-refractivity contribution in [1.82, 2.24) is 9.97 Å². The lowest BCUT2D eigenvalue weighted by Gasteiger charge is -2.11. The molecule has 13 heteroatoms. The number of halogens is 3. The quantitative estimate of drug-likeness (QED) is 0.181. The number of phenolic OH excluding ortho intramolecular Hbond substituents is 1. The average molecular weight is 613 g/mol. The van der Waals surface area contributed by atoms with Crippen molar-refractivity contribution >= 4 is 50.0 Å². The molecule has 0 spiro atoms. The van der Waals surface area contributed by atoms with Gasteiger partial charge in [0.15, 0.2) is 21.7 Å². The number of hydrogen-bond acceptors (Lipinski definition) is 8. The maximum Gasteiger partial charge on any atom is 0.281 e. The zero-order valence-corrected chi connectivity index (χ0v) is 23.4. The zero-order chi connectivity index (χ0) is 29.1. The molecule has 2 heterocycles. The second kappa shape index (κ2) is 11.6. The standard InChI is InChI=1S/C28H19ClF2N4O4S2/c1-39-23-9-5-8-18(25(23)36)14-32-19-13-20(16-6-3-2-4-7-16)27(33-15-19)41(37,38)35-28-34-24(26(31)40-28)17-10-11-22(30)21(29)12-17/h2-15,36H,1H3,(H,34,35). The summed E-state index contributed by atoms with van der Waals surface area (Å²) in [5.74, 6) is -0.509. The Morgan fingerprint density at radius 3 is 2.56 bits per heavy atom. The number of sulfonamides is 1. The van der Waals surface area contributed by atoms with Gasteiger partial charge in [-0.15, -0.1) is 0 Å². The SMILES string of the molecule is COc1cccc(C=Nc2cnc(S(=O)(=O)Nc3nc(-c4ccc(F)c(Cl)c4)c(F)s3)c(-c3ccccc3)c2)c1O. The van der Waals surface area contributed by atoms with Crippen LogP contribution in [-0.2, 0) is 10.0 Å². The fourth-order valence-corrected chi connectivity index (χ4v) is 6.11. The molecule has 0 aliphatic carbocycles. The van der Waals surface area contributed by atoms with Gasteiger partial charge in [0.25, 0.3) is 10.0 Å². The molecule has 8 nitrogen and oxygen atoms in total. The van der Waals surface area contributed by atoms with Crippen LogP contribution >= 0.6 is 22.9 Å². The van der Waals surface area contributed by atoms with E-state index in [9.17, 15) is 22.3 Å². The van der Waals surface area contributed by atoms with E-state index < -0.39 is 21.0 Å². The Kier molecular flexibility index (Phi) is 7.97. The molecule has 0 unspecified atom stereocenters. The minimum absolute atomic E-state index is 0.101. The van der Waals surface area contributed by atoms with Crippen LogP contribution in [0, 0.1) is 10.9 Å². The Balaban J connectivity index is 1.50. The lowest BCUT2D eigenvalue weighted by Crippen LogP contribution is -2.15. The summed E-state index contributed by atoms with van der Waals surface area (Å²) in [7, 11) is -2.94. The smallest absolute Gasteiger partial charge is 0.281 e. The fraction of sp³-hybridized carbons (Fsp3) is 0.0357. The highest BCUT2D eigenvalue weighted by molar-refractivity contribution is 7.93. The van der Waals surface area contributed by atoms with E-state index in [0.29, 0.717) is 28.2 Å². The van der Waals surface area contributed by atoms with Crippen LogP contribution < -0.4 is 9.46 Å². The summed E-state index contributed by atoms with van der Waals surface area (Å²) in [6.07, 6.45) is 2.65. The summed E-state index contributed by atoms with van der Waals surface area (Å²) in [5.41, 5.74) is 1.45. The van der Waals surface area contributed by atoms with Crippen LogP contribution in [-0.4, -0.2) is 36.8 Å². The Morgan fingerprint density at radius 2 is 1.83 bits per heavy atom. The van der Waals surface area contributed by atoms with Crippen LogP contribution in [0.15, 0.2) is 89.0 Å². The van der Waals surface area contributed by atoms with Crippen LogP contribution in [0.2, 0.25) is 5.02 Å². The topological polar surface area (TPSA) is 114 Å². The van der Waals surface area contributed by atoms with Crippen LogP contribution in [0.4, 0.5) is 19.6 Å². The molecule has 3 aromatic carbocycles. The van der Waals surface area contributed by atoms with E-state index in [1.807, 2.05) is 0 Å². The molecule has 5 rings (SSSR count). The van der Waals surface area contributed by atoms with Crippen molar-refractivity contribution < 1.29 is 27.0 Å². The first-order chi connectivity index (χ1) is 19.7. The van der Waals surface area contributed by atoms with Crippen LogP contribution in [0.25, 0.3) is 22.4 Å². The normalized spacial score (nSPS) is 11.6. The number of nitrogens with zero attached hydrogens (tertiary/aromatic N) is 3. The van der Waals surface area contributed by atoms with Gasteiger partial charge in [0, 0.05) is 22.9 Å². The maximum atomic E-state index is 14.7. The van der Waals surface area contributed by atoms with Gasteiger partial charge >= 0.3 is 0 Å². The number of para-hydroxylation sites is 1. The van der Waals surface area contributed by atoms with Gasteiger partial charge in [-0.2, -0.15) is 12.8 Å². The number of rotatable bonds is 8. The largest absolute Gasteiger partial charge is 0.504 e. The monoisotopic (exact) mass is 612 g/mol. The summed E-state index contributed by atoms with van der Waals surface area (Å²) in [4.78, 5) is 12.6. The van der Waals surface area contributed by atoms with Crippen molar-refractivity contribution in [2.24, 2.45) is 4.99 Å². The van der Waals surface area contributed by atoms with Crippen molar-refractivity contribution in [3.8, 4) is 33.9 Å². The van der Waals surface area contributed by atoms with Crippen molar-refractivity contribution in [3.63, 3.8) is 0 Å². The van der Waals surface area contributed by atoms with Crippen molar-refractivity contribution in [2.45, 2.75) is 5.03 Å². The number of ether oxygens (including phenoxy) is 1. The van der Waals surface area contributed by atoms with Gasteiger partial charge in [-0.05, 0) is 42.0 Å². The van der Waals surface area contributed by atoms with Gasteiger partial charge in [0.2, 0.25) is 5.13 Å². The molecule has 2 aromatic heterocycles. The molecule has 41 heavy (non-hydrogen) atoms. The fourth-order valence-electron chi connectivity index (χ4n) is 3.83. The second-order valence-electron chi connectivity index (χ2n) is 8.44. The van der Waals surface area contributed by atoms with Crippen molar-refractivity contribution in [2.75, 3.05) is 11.8 Å². The number of pyridine rings is 1. The van der Waals surface area contributed by atoms with Crippen LogP contribution in [0.3, 0.4) is 0 Å². The molecule has 0 aliphatic rings. The number of phenols is 1.